The van der Waals surface area contributed by atoms with Gasteiger partial charge in [0.1, 0.15) is 0 Å². The fourth-order valence-corrected chi connectivity index (χ4v) is 2.50. The molecule has 1 N–H and O–H groups in total. The number of aryl methyl sites for hydroxylation is 1. The molecule has 0 aliphatic carbocycles. The third kappa shape index (κ3) is 2.51. The molecule has 1 fully saturated rings. The van der Waals surface area contributed by atoms with Crippen LogP contribution in [0.3, 0.4) is 0 Å². The van der Waals surface area contributed by atoms with Gasteiger partial charge < -0.3 is 10.0 Å². The van der Waals surface area contributed by atoms with Crippen LogP contribution in [0.5, 0.6) is 0 Å². The number of hydrogen-bond donors (Lipinski definition) is 2. The van der Waals surface area contributed by atoms with Crippen molar-refractivity contribution in [3.8, 4) is 0 Å². The third-order valence-electron chi connectivity index (χ3n) is 3.08. The van der Waals surface area contributed by atoms with Crippen molar-refractivity contribution in [3.63, 3.8) is 0 Å². The minimum Gasteiger partial charge on any atom is -0.479 e. The molecule has 1 heterocycles. The Labute approximate surface area is 111 Å². The first-order chi connectivity index (χ1) is 8.49. The summed E-state index contributed by atoms with van der Waals surface area (Å²) in [6.45, 7) is 2.32. The number of rotatable bonds is 3. The summed E-state index contributed by atoms with van der Waals surface area (Å²) in [4.78, 5) is 24.6. The number of carbonyl (C=O) groups excluding carboxylic acids is 1. The van der Waals surface area contributed by atoms with Crippen LogP contribution in [0.1, 0.15) is 23.6 Å². The molecule has 0 spiro atoms. The fraction of sp³-hybridized carbons (Fsp3) is 0.385. The molecule has 0 aromatic heterocycles. The maximum Gasteiger partial charge on any atom is 0.331 e. The highest BCUT2D eigenvalue weighted by Crippen LogP contribution is 2.28. The van der Waals surface area contributed by atoms with E-state index in [0.717, 1.165) is 5.56 Å². The number of aliphatic carboxylic acids is 1. The average Bonchev–Trinajstić information content (AvgIpc) is 2.61. The van der Waals surface area contributed by atoms with Gasteiger partial charge in [-0.25, -0.2) is 4.79 Å². The quantitative estimate of drug-likeness (QED) is 0.817. The monoisotopic (exact) mass is 265 g/mol. The Balaban J connectivity index is 2.32. The maximum atomic E-state index is 11.8. The zero-order valence-electron chi connectivity index (χ0n) is 10.0. The van der Waals surface area contributed by atoms with Crippen LogP contribution in [0.2, 0.25) is 0 Å². The highest BCUT2D eigenvalue weighted by Gasteiger charge is 2.37. The molecule has 0 bridgehead atoms. The summed E-state index contributed by atoms with van der Waals surface area (Å²) in [6.07, 6.45) is 0.304. The van der Waals surface area contributed by atoms with Crippen LogP contribution in [-0.2, 0) is 9.59 Å². The predicted octanol–water partition coefficient (Wildman–Crippen LogP) is 1.65. The summed E-state index contributed by atoms with van der Waals surface area (Å²) in [6, 6.07) is 6.31. The topological polar surface area (TPSA) is 57.6 Å². The molecular formula is C13H15NO3S. The van der Waals surface area contributed by atoms with E-state index >= 15 is 0 Å². The van der Waals surface area contributed by atoms with Gasteiger partial charge in [-0.05, 0) is 12.5 Å². The van der Waals surface area contributed by atoms with E-state index in [0.29, 0.717) is 18.5 Å². The zero-order chi connectivity index (χ0) is 13.3. The summed E-state index contributed by atoms with van der Waals surface area (Å²) >= 11 is 4.25. The molecule has 18 heavy (non-hydrogen) atoms. The second-order valence-electron chi connectivity index (χ2n) is 4.56. The summed E-state index contributed by atoms with van der Waals surface area (Å²) in [5.74, 6) is -1.15. The molecule has 2 atom stereocenters. The van der Waals surface area contributed by atoms with Gasteiger partial charge in [-0.1, -0.05) is 29.8 Å². The number of hydrogen-bond acceptors (Lipinski definition) is 3. The Morgan fingerprint density at radius 1 is 1.44 bits per heavy atom. The van der Waals surface area contributed by atoms with Gasteiger partial charge in [0.15, 0.2) is 6.04 Å². The van der Waals surface area contributed by atoms with Crippen molar-refractivity contribution >= 4 is 24.5 Å². The second kappa shape index (κ2) is 5.02. The van der Waals surface area contributed by atoms with Crippen molar-refractivity contribution < 1.29 is 14.7 Å². The lowest BCUT2D eigenvalue weighted by atomic mass is 10.0. The van der Waals surface area contributed by atoms with E-state index in [9.17, 15) is 14.7 Å². The number of nitrogens with zero attached hydrogens (tertiary/aromatic N) is 1. The van der Waals surface area contributed by atoms with Gasteiger partial charge in [0.25, 0.3) is 0 Å². The second-order valence-corrected chi connectivity index (χ2v) is 5.29. The van der Waals surface area contributed by atoms with Crippen molar-refractivity contribution in [3.05, 3.63) is 35.4 Å². The van der Waals surface area contributed by atoms with E-state index in [2.05, 4.69) is 12.6 Å². The minimum absolute atomic E-state index is 0.0789. The number of carbonyl (C=O) groups is 2. The highest BCUT2D eigenvalue weighted by atomic mass is 32.1. The largest absolute Gasteiger partial charge is 0.479 e. The highest BCUT2D eigenvalue weighted by molar-refractivity contribution is 7.81. The fourth-order valence-electron chi connectivity index (χ4n) is 2.17. The van der Waals surface area contributed by atoms with E-state index in [1.165, 1.54) is 4.90 Å². The van der Waals surface area contributed by atoms with Crippen molar-refractivity contribution in [1.29, 1.82) is 0 Å². The van der Waals surface area contributed by atoms with Crippen LogP contribution in [0.15, 0.2) is 24.3 Å². The van der Waals surface area contributed by atoms with Gasteiger partial charge in [-0.15, -0.1) is 0 Å². The standard InChI is InChI=1S/C13H15NO3S/c1-8-2-4-9(5-3-8)12(13(16)17)14-7-10(18)6-11(14)15/h2-5,10,12,18H,6-7H2,1H3,(H,16,17). The van der Waals surface area contributed by atoms with Crippen LogP contribution in [0.25, 0.3) is 0 Å². The van der Waals surface area contributed by atoms with E-state index < -0.39 is 12.0 Å². The molecule has 1 amide bonds. The van der Waals surface area contributed by atoms with Crippen LogP contribution in [0, 0.1) is 6.92 Å². The Bertz CT molecular complexity index is 472. The van der Waals surface area contributed by atoms with Crippen molar-refractivity contribution in [1.82, 2.24) is 4.90 Å². The van der Waals surface area contributed by atoms with E-state index in [4.69, 9.17) is 0 Å². The molecule has 0 saturated carbocycles. The first kappa shape index (κ1) is 13.0. The number of benzene rings is 1. The number of amides is 1. The number of carboxylic acids is 1. The normalized spacial score (nSPS) is 21.1. The first-order valence-corrected chi connectivity index (χ1v) is 6.27. The maximum absolute atomic E-state index is 11.8. The molecule has 96 valence electrons. The number of carboxylic acid groups (broad SMARTS) is 1. The van der Waals surface area contributed by atoms with Gasteiger partial charge in [0.2, 0.25) is 5.91 Å². The summed E-state index contributed by atoms with van der Waals surface area (Å²) < 4.78 is 0. The Morgan fingerprint density at radius 3 is 2.50 bits per heavy atom. The zero-order valence-corrected chi connectivity index (χ0v) is 10.9. The van der Waals surface area contributed by atoms with Crippen molar-refractivity contribution in [2.45, 2.75) is 24.6 Å². The van der Waals surface area contributed by atoms with Crippen molar-refractivity contribution in [2.75, 3.05) is 6.54 Å². The summed E-state index contributed by atoms with van der Waals surface area (Å²) in [5, 5.41) is 9.26. The Kier molecular flexibility index (Phi) is 3.61. The molecule has 2 unspecified atom stereocenters. The molecule has 0 radical (unpaired) electrons. The first-order valence-electron chi connectivity index (χ1n) is 5.76. The molecule has 1 aliphatic rings. The third-order valence-corrected chi connectivity index (χ3v) is 3.42. The average molecular weight is 265 g/mol. The predicted molar refractivity (Wildman–Crippen MR) is 70.7 cm³/mol. The summed E-state index contributed by atoms with van der Waals surface area (Å²) in [5.41, 5.74) is 1.69. The van der Waals surface area contributed by atoms with Crippen LogP contribution in [0.4, 0.5) is 0 Å². The Morgan fingerprint density at radius 2 is 2.06 bits per heavy atom. The van der Waals surface area contributed by atoms with Gasteiger partial charge in [0, 0.05) is 18.2 Å². The van der Waals surface area contributed by atoms with Crippen molar-refractivity contribution in [2.24, 2.45) is 0 Å². The van der Waals surface area contributed by atoms with E-state index in [1.54, 1.807) is 12.1 Å². The SMILES string of the molecule is Cc1ccc(C(C(=O)O)N2CC(S)CC2=O)cc1. The molecule has 1 aromatic rings. The molecule has 1 aromatic carbocycles. The number of thiol groups is 1. The van der Waals surface area contributed by atoms with Gasteiger partial charge in [-0.2, -0.15) is 12.6 Å². The number of likely N-dealkylation sites (tertiary alicyclic amines) is 1. The minimum atomic E-state index is -1.00. The van der Waals surface area contributed by atoms with Gasteiger partial charge >= 0.3 is 5.97 Å². The molecular weight excluding hydrogens is 250 g/mol. The Hall–Kier alpha value is -1.49. The molecule has 4 nitrogen and oxygen atoms in total. The van der Waals surface area contributed by atoms with Gasteiger partial charge in [-0.3, -0.25) is 4.79 Å². The van der Waals surface area contributed by atoms with E-state index in [1.807, 2.05) is 19.1 Å². The lowest BCUT2D eigenvalue weighted by molar-refractivity contribution is -0.148. The molecule has 5 heteroatoms. The van der Waals surface area contributed by atoms with Gasteiger partial charge in [0.05, 0.1) is 0 Å². The summed E-state index contributed by atoms with van der Waals surface area (Å²) in [7, 11) is 0. The van der Waals surface area contributed by atoms with Crippen LogP contribution in [-0.4, -0.2) is 33.7 Å². The molecule has 1 saturated heterocycles. The van der Waals surface area contributed by atoms with E-state index in [-0.39, 0.29) is 11.2 Å². The lowest BCUT2D eigenvalue weighted by Crippen LogP contribution is -2.35. The molecule has 2 rings (SSSR count). The molecule has 1 aliphatic heterocycles. The van der Waals surface area contributed by atoms with Crippen LogP contribution < -0.4 is 0 Å². The lowest BCUT2D eigenvalue weighted by Gasteiger charge is -2.24. The van der Waals surface area contributed by atoms with Crippen LogP contribution >= 0.6 is 12.6 Å². The smallest absolute Gasteiger partial charge is 0.331 e.